The van der Waals surface area contributed by atoms with Gasteiger partial charge >= 0.3 is 0 Å². The molecule has 3 N–H and O–H groups in total. The number of benzene rings is 1. The third kappa shape index (κ3) is 3.38. The van der Waals surface area contributed by atoms with Gasteiger partial charge in [0.05, 0.1) is 12.2 Å². The van der Waals surface area contributed by atoms with Crippen LogP contribution in [-0.2, 0) is 0 Å². The number of unbranched alkanes of at least 4 members (excludes halogenated alkanes) is 2. The van der Waals surface area contributed by atoms with Crippen LogP contribution < -0.4 is 10.5 Å². The molecular weight excluding hydrogens is 294 g/mol. The Labute approximate surface area is 125 Å². The summed E-state index contributed by atoms with van der Waals surface area (Å²) in [4.78, 5) is 11.3. The second-order valence-corrected chi connectivity index (χ2v) is 4.70. The summed E-state index contributed by atoms with van der Waals surface area (Å²) >= 11 is 0. The first kappa shape index (κ1) is 15.9. The Hall–Kier alpha value is -2.51. The van der Waals surface area contributed by atoms with Gasteiger partial charge in [-0.3, -0.25) is 4.79 Å². The van der Waals surface area contributed by atoms with Crippen molar-refractivity contribution in [2.45, 2.75) is 26.2 Å². The van der Waals surface area contributed by atoms with Gasteiger partial charge in [-0.15, -0.1) is 0 Å². The predicted molar refractivity (Wildman–Crippen MR) is 75.3 cm³/mol. The monoisotopic (exact) mass is 310 g/mol. The van der Waals surface area contributed by atoms with E-state index < -0.39 is 17.5 Å². The maximum Gasteiger partial charge on any atom is 0.271 e. The topological polar surface area (TPSA) is 93.9 Å². The van der Waals surface area contributed by atoms with E-state index in [0.717, 1.165) is 25.3 Å². The molecule has 1 aromatic heterocycles. The minimum absolute atomic E-state index is 0.00320. The number of ether oxygens (including phenoxy) is 1. The Kier molecular flexibility index (Phi) is 5.03. The fraction of sp³-hybridized carbons (Fsp3) is 0.357. The molecule has 0 radical (unpaired) electrons. The molecule has 0 aliphatic carbocycles. The van der Waals surface area contributed by atoms with Crippen LogP contribution in [0.2, 0.25) is 0 Å². The molecule has 118 valence electrons. The average Bonchev–Trinajstić information content (AvgIpc) is 2.94. The summed E-state index contributed by atoms with van der Waals surface area (Å²) in [6.07, 6.45) is 2.64. The molecule has 2 aromatic rings. The number of nitrogens with one attached hydrogen (secondary N) is 1. The van der Waals surface area contributed by atoms with E-state index >= 15 is 0 Å². The highest BCUT2D eigenvalue weighted by Gasteiger charge is 2.22. The zero-order valence-corrected chi connectivity index (χ0v) is 12.0. The molecule has 22 heavy (non-hydrogen) atoms. The molecule has 0 aliphatic rings. The van der Waals surface area contributed by atoms with E-state index in [1.54, 1.807) is 0 Å². The Morgan fingerprint density at radius 2 is 2.09 bits per heavy atom. The highest BCUT2D eigenvalue weighted by Crippen LogP contribution is 2.33. The van der Waals surface area contributed by atoms with Gasteiger partial charge in [-0.1, -0.05) is 19.8 Å². The molecule has 0 atom stereocenters. The van der Waals surface area contributed by atoms with Crippen LogP contribution in [0.4, 0.5) is 8.78 Å². The third-order valence-corrected chi connectivity index (χ3v) is 3.04. The van der Waals surface area contributed by atoms with Crippen molar-refractivity contribution in [3.05, 3.63) is 29.5 Å². The van der Waals surface area contributed by atoms with Crippen molar-refractivity contribution in [3.8, 4) is 17.0 Å². The van der Waals surface area contributed by atoms with Crippen molar-refractivity contribution in [1.29, 1.82) is 0 Å². The van der Waals surface area contributed by atoms with Crippen LogP contribution in [0.3, 0.4) is 0 Å². The standard InChI is InChI=1S/C14H16F2N4O2/c1-2-3-4-5-22-13-9(6-8(15)7-10(13)16)11-12(14(17)21)19-20-18-11/h6-7H,2-5H2,1H3,(H2,17,21)(H,18,19,20). The molecule has 1 heterocycles. The Morgan fingerprint density at radius 1 is 1.32 bits per heavy atom. The predicted octanol–water partition coefficient (Wildman–Crippen LogP) is 2.42. The number of carbonyl (C=O) groups excluding carboxylic acids is 1. The molecule has 8 heteroatoms. The highest BCUT2D eigenvalue weighted by atomic mass is 19.1. The van der Waals surface area contributed by atoms with Crippen LogP contribution >= 0.6 is 0 Å². The SMILES string of the molecule is CCCCCOc1c(F)cc(F)cc1-c1n[nH]nc1C(N)=O. The van der Waals surface area contributed by atoms with Crippen molar-refractivity contribution < 1.29 is 18.3 Å². The number of carbonyl (C=O) groups is 1. The second kappa shape index (κ2) is 6.97. The Morgan fingerprint density at radius 3 is 2.77 bits per heavy atom. The normalized spacial score (nSPS) is 10.7. The fourth-order valence-corrected chi connectivity index (χ4v) is 2.00. The average molecular weight is 310 g/mol. The first-order chi connectivity index (χ1) is 10.5. The molecule has 0 fully saturated rings. The second-order valence-electron chi connectivity index (χ2n) is 4.70. The molecule has 0 saturated heterocycles. The molecule has 0 unspecified atom stereocenters. The molecule has 1 aromatic carbocycles. The molecule has 0 saturated carbocycles. The highest BCUT2D eigenvalue weighted by molar-refractivity contribution is 5.97. The van der Waals surface area contributed by atoms with Gasteiger partial charge in [-0.25, -0.2) is 8.78 Å². The number of amides is 1. The van der Waals surface area contributed by atoms with E-state index in [4.69, 9.17) is 10.5 Å². The maximum absolute atomic E-state index is 14.0. The van der Waals surface area contributed by atoms with E-state index in [2.05, 4.69) is 15.4 Å². The van der Waals surface area contributed by atoms with Gasteiger partial charge < -0.3 is 10.5 Å². The molecule has 1 amide bonds. The van der Waals surface area contributed by atoms with Crippen LogP contribution in [0, 0.1) is 11.6 Å². The first-order valence-electron chi connectivity index (χ1n) is 6.87. The lowest BCUT2D eigenvalue weighted by Gasteiger charge is -2.11. The van der Waals surface area contributed by atoms with Crippen molar-refractivity contribution >= 4 is 5.91 Å². The molecule has 0 aliphatic heterocycles. The zero-order valence-electron chi connectivity index (χ0n) is 12.0. The minimum Gasteiger partial charge on any atom is -0.490 e. The van der Waals surface area contributed by atoms with E-state index in [-0.39, 0.29) is 29.3 Å². The van der Waals surface area contributed by atoms with Crippen LogP contribution in [0.15, 0.2) is 12.1 Å². The molecule has 0 spiro atoms. The third-order valence-electron chi connectivity index (χ3n) is 3.04. The molecule has 0 bridgehead atoms. The number of H-pyrrole nitrogens is 1. The van der Waals surface area contributed by atoms with E-state index in [0.29, 0.717) is 6.07 Å². The van der Waals surface area contributed by atoms with Gasteiger partial charge in [-0.2, -0.15) is 15.4 Å². The summed E-state index contributed by atoms with van der Waals surface area (Å²) < 4.78 is 32.9. The summed E-state index contributed by atoms with van der Waals surface area (Å²) in [5.41, 5.74) is 4.92. The van der Waals surface area contributed by atoms with E-state index in [1.165, 1.54) is 0 Å². The number of aromatic nitrogens is 3. The number of nitrogens with zero attached hydrogens (tertiary/aromatic N) is 2. The number of hydrogen-bond donors (Lipinski definition) is 2. The summed E-state index contributed by atoms with van der Waals surface area (Å²) in [6.45, 7) is 2.30. The van der Waals surface area contributed by atoms with Gasteiger partial charge in [0.2, 0.25) is 0 Å². The van der Waals surface area contributed by atoms with Gasteiger partial charge in [0.15, 0.2) is 17.3 Å². The number of rotatable bonds is 7. The summed E-state index contributed by atoms with van der Waals surface area (Å²) in [7, 11) is 0. The van der Waals surface area contributed by atoms with Crippen molar-refractivity contribution in [2.75, 3.05) is 6.61 Å². The number of halogens is 2. The minimum atomic E-state index is -0.870. The van der Waals surface area contributed by atoms with Crippen LogP contribution in [0.1, 0.15) is 36.7 Å². The smallest absolute Gasteiger partial charge is 0.271 e. The molecule has 2 rings (SSSR count). The van der Waals surface area contributed by atoms with Crippen LogP contribution in [0.25, 0.3) is 11.3 Å². The van der Waals surface area contributed by atoms with Crippen molar-refractivity contribution in [3.63, 3.8) is 0 Å². The lowest BCUT2D eigenvalue weighted by atomic mass is 10.1. The van der Waals surface area contributed by atoms with Crippen molar-refractivity contribution in [2.24, 2.45) is 5.73 Å². The van der Waals surface area contributed by atoms with E-state index in [1.807, 2.05) is 6.92 Å². The van der Waals surface area contributed by atoms with E-state index in [9.17, 15) is 13.6 Å². The Bertz CT molecular complexity index is 673. The number of nitrogens with two attached hydrogens (primary N) is 1. The number of primary amides is 1. The summed E-state index contributed by atoms with van der Waals surface area (Å²) in [5, 5.41) is 9.56. The number of hydrogen-bond acceptors (Lipinski definition) is 4. The van der Waals surface area contributed by atoms with Gasteiger partial charge in [-0.05, 0) is 12.5 Å². The summed E-state index contributed by atoms with van der Waals surface area (Å²) in [5.74, 6) is -2.71. The quantitative estimate of drug-likeness (QED) is 0.768. The van der Waals surface area contributed by atoms with Gasteiger partial charge in [0.25, 0.3) is 5.91 Å². The lowest BCUT2D eigenvalue weighted by Crippen LogP contribution is -2.13. The number of aromatic amines is 1. The summed E-state index contributed by atoms with van der Waals surface area (Å²) in [6, 6.07) is 1.74. The molecule has 6 nitrogen and oxygen atoms in total. The van der Waals surface area contributed by atoms with Crippen molar-refractivity contribution in [1.82, 2.24) is 15.4 Å². The van der Waals surface area contributed by atoms with Crippen LogP contribution in [-0.4, -0.2) is 27.9 Å². The fourth-order valence-electron chi connectivity index (χ4n) is 2.00. The maximum atomic E-state index is 14.0. The van der Waals surface area contributed by atoms with Crippen LogP contribution in [0.5, 0.6) is 5.75 Å². The largest absolute Gasteiger partial charge is 0.490 e. The Balaban J connectivity index is 2.40. The van der Waals surface area contributed by atoms with Gasteiger partial charge in [0, 0.05) is 6.07 Å². The zero-order chi connectivity index (χ0) is 16.1. The van der Waals surface area contributed by atoms with Gasteiger partial charge in [0.1, 0.15) is 11.5 Å². The molecular formula is C14H16F2N4O2. The lowest BCUT2D eigenvalue weighted by molar-refractivity contribution is 0.0996. The first-order valence-corrected chi connectivity index (χ1v) is 6.87.